The summed E-state index contributed by atoms with van der Waals surface area (Å²) in [5, 5.41) is 9.92. The van der Waals surface area contributed by atoms with Crippen molar-refractivity contribution in [2.45, 2.75) is 12.5 Å². The van der Waals surface area contributed by atoms with Gasteiger partial charge in [-0.3, -0.25) is 0 Å². The van der Waals surface area contributed by atoms with Gasteiger partial charge in [-0.1, -0.05) is 30.3 Å². The Hall–Kier alpha value is -1.74. The Morgan fingerprint density at radius 1 is 1.19 bits per heavy atom. The molecule has 2 rings (SSSR count). The fraction of sp³-hybridized carbons (Fsp3) is 0.154. The first-order valence-electron chi connectivity index (χ1n) is 5.09. The standard InChI is InChI=1S/C13H12FNO/c14-13-9-10(6-7-15-13)8-12(16)11-4-2-1-3-5-11/h1-7,9,12,16H,8H2. The van der Waals surface area contributed by atoms with Crippen LogP contribution in [0.5, 0.6) is 0 Å². The molecule has 82 valence electrons. The maximum absolute atomic E-state index is 12.8. The van der Waals surface area contributed by atoms with E-state index in [-0.39, 0.29) is 0 Å². The van der Waals surface area contributed by atoms with Crippen LogP contribution in [0.25, 0.3) is 0 Å². The molecule has 0 radical (unpaired) electrons. The largest absolute Gasteiger partial charge is 0.388 e. The van der Waals surface area contributed by atoms with Crippen molar-refractivity contribution in [2.24, 2.45) is 0 Å². The summed E-state index contributed by atoms with van der Waals surface area (Å²) in [5.74, 6) is -0.516. The van der Waals surface area contributed by atoms with Gasteiger partial charge in [0.25, 0.3) is 0 Å². The molecule has 0 spiro atoms. The lowest BCUT2D eigenvalue weighted by Gasteiger charge is -2.10. The monoisotopic (exact) mass is 217 g/mol. The zero-order valence-corrected chi connectivity index (χ0v) is 8.68. The van der Waals surface area contributed by atoms with Gasteiger partial charge in [0.1, 0.15) is 0 Å². The molecule has 16 heavy (non-hydrogen) atoms. The van der Waals surface area contributed by atoms with Crippen molar-refractivity contribution in [3.05, 3.63) is 65.7 Å². The maximum atomic E-state index is 12.8. The van der Waals surface area contributed by atoms with E-state index in [2.05, 4.69) is 4.98 Å². The normalized spacial score (nSPS) is 12.4. The van der Waals surface area contributed by atoms with Crippen molar-refractivity contribution in [1.29, 1.82) is 0 Å². The Morgan fingerprint density at radius 3 is 2.62 bits per heavy atom. The van der Waals surface area contributed by atoms with Crippen molar-refractivity contribution in [3.8, 4) is 0 Å². The number of rotatable bonds is 3. The van der Waals surface area contributed by atoms with Crippen LogP contribution in [0.15, 0.2) is 48.7 Å². The van der Waals surface area contributed by atoms with E-state index in [9.17, 15) is 9.50 Å². The highest BCUT2D eigenvalue weighted by molar-refractivity contribution is 5.21. The molecular weight excluding hydrogens is 205 g/mol. The van der Waals surface area contributed by atoms with Crippen LogP contribution in [0.1, 0.15) is 17.2 Å². The maximum Gasteiger partial charge on any atom is 0.213 e. The van der Waals surface area contributed by atoms with Crippen LogP contribution in [0.4, 0.5) is 4.39 Å². The van der Waals surface area contributed by atoms with Crippen LogP contribution in [0.3, 0.4) is 0 Å². The smallest absolute Gasteiger partial charge is 0.213 e. The van der Waals surface area contributed by atoms with E-state index in [1.54, 1.807) is 6.07 Å². The molecule has 2 aromatic rings. The molecule has 0 fully saturated rings. The highest BCUT2D eigenvalue weighted by Crippen LogP contribution is 2.17. The molecule has 1 aromatic carbocycles. The second kappa shape index (κ2) is 4.86. The summed E-state index contributed by atoms with van der Waals surface area (Å²) in [6.07, 6.45) is 1.19. The van der Waals surface area contributed by atoms with Gasteiger partial charge in [-0.25, -0.2) is 4.98 Å². The highest BCUT2D eigenvalue weighted by atomic mass is 19.1. The van der Waals surface area contributed by atoms with E-state index in [0.29, 0.717) is 6.42 Å². The predicted molar refractivity (Wildman–Crippen MR) is 59.3 cm³/mol. The highest BCUT2D eigenvalue weighted by Gasteiger charge is 2.08. The second-order valence-corrected chi connectivity index (χ2v) is 3.62. The molecule has 1 unspecified atom stereocenters. The van der Waals surface area contributed by atoms with Crippen LogP contribution in [-0.2, 0) is 6.42 Å². The summed E-state index contributed by atoms with van der Waals surface area (Å²) < 4.78 is 12.8. The molecule has 2 nitrogen and oxygen atoms in total. The molecule has 0 bridgehead atoms. The van der Waals surface area contributed by atoms with E-state index < -0.39 is 12.1 Å². The third-order valence-corrected chi connectivity index (χ3v) is 2.40. The van der Waals surface area contributed by atoms with Crippen molar-refractivity contribution in [2.75, 3.05) is 0 Å². The van der Waals surface area contributed by atoms with E-state index in [1.165, 1.54) is 12.3 Å². The molecule has 1 heterocycles. The topological polar surface area (TPSA) is 33.1 Å². The molecule has 3 heteroatoms. The number of hydrogen-bond donors (Lipinski definition) is 1. The van der Waals surface area contributed by atoms with Gasteiger partial charge in [0.15, 0.2) is 0 Å². The van der Waals surface area contributed by atoms with Crippen LogP contribution in [0.2, 0.25) is 0 Å². The van der Waals surface area contributed by atoms with Gasteiger partial charge in [0.05, 0.1) is 6.10 Å². The molecular formula is C13H12FNO. The number of nitrogens with zero attached hydrogens (tertiary/aromatic N) is 1. The first kappa shape index (κ1) is 10.8. The van der Waals surface area contributed by atoms with Gasteiger partial charge in [0, 0.05) is 12.6 Å². The summed E-state index contributed by atoms with van der Waals surface area (Å²) in [4.78, 5) is 3.47. The summed E-state index contributed by atoms with van der Waals surface area (Å²) in [5.41, 5.74) is 1.57. The first-order valence-corrected chi connectivity index (χ1v) is 5.09. The Kier molecular flexibility index (Phi) is 3.27. The molecule has 0 saturated heterocycles. The lowest BCUT2D eigenvalue weighted by molar-refractivity contribution is 0.178. The lowest BCUT2D eigenvalue weighted by Crippen LogP contribution is -2.02. The van der Waals surface area contributed by atoms with Gasteiger partial charge in [-0.2, -0.15) is 4.39 Å². The zero-order chi connectivity index (χ0) is 11.4. The summed E-state index contributed by atoms with van der Waals surface area (Å²) in [6, 6.07) is 12.4. The first-order chi connectivity index (χ1) is 7.75. The van der Waals surface area contributed by atoms with E-state index in [4.69, 9.17) is 0 Å². The number of aliphatic hydroxyl groups is 1. The molecule has 0 aliphatic rings. The van der Waals surface area contributed by atoms with Crippen LogP contribution < -0.4 is 0 Å². The molecule has 0 aliphatic heterocycles. The fourth-order valence-electron chi connectivity index (χ4n) is 1.59. The number of halogens is 1. The van der Waals surface area contributed by atoms with Gasteiger partial charge >= 0.3 is 0 Å². The summed E-state index contributed by atoms with van der Waals surface area (Å²) in [6.45, 7) is 0. The van der Waals surface area contributed by atoms with Crippen LogP contribution in [0, 0.1) is 5.95 Å². The van der Waals surface area contributed by atoms with Crippen molar-refractivity contribution in [3.63, 3.8) is 0 Å². The van der Waals surface area contributed by atoms with Gasteiger partial charge in [0.2, 0.25) is 5.95 Å². The number of hydrogen-bond acceptors (Lipinski definition) is 2. The molecule has 1 N–H and O–H groups in total. The van der Waals surface area contributed by atoms with Crippen molar-refractivity contribution < 1.29 is 9.50 Å². The predicted octanol–water partition coefficient (Wildman–Crippen LogP) is 2.50. The number of benzene rings is 1. The Labute approximate surface area is 93.4 Å². The fourth-order valence-corrected chi connectivity index (χ4v) is 1.59. The third-order valence-electron chi connectivity index (χ3n) is 2.40. The third kappa shape index (κ3) is 2.64. The SMILES string of the molecule is OC(Cc1ccnc(F)c1)c1ccccc1. The van der Waals surface area contributed by atoms with Crippen LogP contribution >= 0.6 is 0 Å². The lowest BCUT2D eigenvalue weighted by atomic mass is 10.0. The van der Waals surface area contributed by atoms with Crippen LogP contribution in [-0.4, -0.2) is 10.1 Å². The number of pyridine rings is 1. The van der Waals surface area contributed by atoms with Gasteiger partial charge < -0.3 is 5.11 Å². The Morgan fingerprint density at radius 2 is 1.94 bits per heavy atom. The average molecular weight is 217 g/mol. The molecule has 1 aromatic heterocycles. The quantitative estimate of drug-likeness (QED) is 0.801. The molecule has 1 atom stereocenters. The summed E-state index contributed by atoms with van der Waals surface area (Å²) in [7, 11) is 0. The van der Waals surface area contributed by atoms with Gasteiger partial charge in [-0.05, 0) is 23.3 Å². The zero-order valence-electron chi connectivity index (χ0n) is 8.68. The molecule has 0 aliphatic carbocycles. The second-order valence-electron chi connectivity index (χ2n) is 3.62. The number of aliphatic hydroxyl groups excluding tert-OH is 1. The summed E-state index contributed by atoms with van der Waals surface area (Å²) >= 11 is 0. The average Bonchev–Trinajstić information content (AvgIpc) is 2.30. The van der Waals surface area contributed by atoms with Gasteiger partial charge in [-0.15, -0.1) is 0 Å². The Bertz CT molecular complexity index is 458. The molecule has 0 amide bonds. The number of aromatic nitrogens is 1. The minimum Gasteiger partial charge on any atom is -0.388 e. The Balaban J connectivity index is 2.11. The minimum absolute atomic E-state index is 0.392. The van der Waals surface area contributed by atoms with E-state index >= 15 is 0 Å². The van der Waals surface area contributed by atoms with Crippen molar-refractivity contribution >= 4 is 0 Å². The van der Waals surface area contributed by atoms with E-state index in [1.807, 2.05) is 30.3 Å². The molecule has 0 saturated carbocycles. The minimum atomic E-state index is -0.608. The van der Waals surface area contributed by atoms with Crippen molar-refractivity contribution in [1.82, 2.24) is 4.98 Å². The van der Waals surface area contributed by atoms with E-state index in [0.717, 1.165) is 11.1 Å².